The number of nitrogens with zero attached hydrogens (tertiary/aromatic N) is 6. The van der Waals surface area contributed by atoms with Crippen LogP contribution >= 0.6 is 0 Å². The van der Waals surface area contributed by atoms with Crippen LogP contribution in [-0.2, 0) is 10.8 Å². The number of para-hydroxylation sites is 3. The summed E-state index contributed by atoms with van der Waals surface area (Å²) >= 11 is 0. The van der Waals surface area contributed by atoms with Gasteiger partial charge in [-0.25, -0.2) is 29.9 Å². The maximum atomic E-state index is 7.47. The van der Waals surface area contributed by atoms with Gasteiger partial charge in [-0.05, 0) is 137 Å². The first-order chi connectivity index (χ1) is 63.4. The van der Waals surface area contributed by atoms with Crippen molar-refractivity contribution in [3.8, 4) is 102 Å². The molecular weight excluding hydrogens is 1560 g/mol. The molecule has 128 heavy (non-hydrogen) atoms. The molecule has 7 aliphatic rings. The highest BCUT2D eigenvalue weighted by molar-refractivity contribution is 6.17. The first-order valence-corrected chi connectivity index (χ1v) is 44.2. The van der Waals surface area contributed by atoms with Crippen LogP contribution in [-0.4, -0.2) is 30.8 Å². The number of hydrogen-bond donors (Lipinski definition) is 1. The number of nitrogens with one attached hydrogen (secondary N) is 1. The van der Waals surface area contributed by atoms with E-state index in [1.807, 2.05) is 18.2 Å². The number of ether oxygens (including phenoxy) is 2. The van der Waals surface area contributed by atoms with Crippen LogP contribution in [0.4, 0.5) is 0 Å². The van der Waals surface area contributed by atoms with E-state index in [0.717, 1.165) is 174 Å². The lowest BCUT2D eigenvalue weighted by molar-refractivity contribution is 0.441. The monoisotopic (exact) mass is 1640 g/mol. The highest BCUT2D eigenvalue weighted by Gasteiger charge is 2.54. The van der Waals surface area contributed by atoms with Crippen molar-refractivity contribution in [2.24, 2.45) is 10.9 Å². The number of hydrogen-bond acceptors (Lipinski definition) is 9. The van der Waals surface area contributed by atoms with Gasteiger partial charge in [-0.15, -0.1) is 0 Å². The summed E-state index contributed by atoms with van der Waals surface area (Å²) in [5.74, 6) is 6.16. The number of aromatic nitrogens is 5. The minimum atomic E-state index is -0.666. The molecule has 3 aromatic heterocycles. The average Bonchev–Trinajstić information content (AvgIpc) is 1.49. The van der Waals surface area contributed by atoms with Gasteiger partial charge in [-0.1, -0.05) is 388 Å². The zero-order chi connectivity index (χ0) is 84.1. The minimum Gasteiger partial charge on any atom is -0.456 e. The van der Waals surface area contributed by atoms with Gasteiger partial charge in [0, 0.05) is 78.4 Å². The number of pyridine rings is 2. The maximum Gasteiger partial charge on any atom is 0.163 e. The second kappa shape index (κ2) is 29.1. The van der Waals surface area contributed by atoms with Gasteiger partial charge in [-0.2, -0.15) is 0 Å². The highest BCUT2D eigenvalue weighted by atomic mass is 16.5. The number of allylic oxidation sites excluding steroid dienone is 8. The smallest absolute Gasteiger partial charge is 0.163 e. The lowest BCUT2D eigenvalue weighted by Crippen LogP contribution is -2.32. The topological polar surface area (TPSA) is 107 Å². The van der Waals surface area contributed by atoms with Crippen LogP contribution in [0.2, 0.25) is 0 Å². The van der Waals surface area contributed by atoms with E-state index in [-0.39, 0.29) is 17.9 Å². The molecule has 1 N–H and O–H groups in total. The first-order valence-electron chi connectivity index (χ1n) is 44.2. The second-order valence-corrected chi connectivity index (χ2v) is 34.4. The summed E-state index contributed by atoms with van der Waals surface area (Å²) in [6.07, 6.45) is 17.6. The zero-order valence-electron chi connectivity index (χ0n) is 69.5. The summed E-state index contributed by atoms with van der Waals surface area (Å²) in [6, 6.07) is 135. The highest BCUT2D eigenvalue weighted by Crippen LogP contribution is 2.66. The Kier molecular flexibility index (Phi) is 16.7. The fraction of sp³-hybridized carbons (Fsp3) is 0.0588. The fourth-order valence-corrected chi connectivity index (χ4v) is 21.6. The SMILES string of the molecule is C1=CC(c2nc(-c3ccccc3)nc(-c3ccc(-c4ccc5c(c4)nc(-c4ccc(C6=CCC(C7=CC(c8ccccc8)NC(c8ccccc8)=N7)C=C6)cc4)c4c6c(ccc45)C4(c5ccccc5O6)c5ccccc5-c5ccccc54)cc3)n2)CC=C1c1ccc(-c2nc3ccccc3c3ccc4c(c23)Oc2ccccc2C42c3ccccc3-c3ccccc32)cc1. The Bertz CT molecular complexity index is 8000. The molecule has 3 unspecified atom stereocenters. The third-order valence-electron chi connectivity index (χ3n) is 27.6. The lowest BCUT2D eigenvalue weighted by Gasteiger charge is -2.40. The number of benzene rings is 16. The van der Waals surface area contributed by atoms with Crippen LogP contribution in [0.3, 0.4) is 0 Å². The molecule has 600 valence electrons. The summed E-state index contributed by atoms with van der Waals surface area (Å²) in [4.78, 5) is 32.6. The molecule has 16 aromatic carbocycles. The fourth-order valence-electron chi connectivity index (χ4n) is 21.6. The molecule has 0 saturated heterocycles. The molecule has 0 bridgehead atoms. The van der Waals surface area contributed by atoms with Crippen LogP contribution in [0.5, 0.6) is 23.0 Å². The predicted molar refractivity (Wildman–Crippen MR) is 517 cm³/mol. The van der Waals surface area contributed by atoms with Gasteiger partial charge in [0.25, 0.3) is 0 Å². The number of aliphatic imine (C=N–C) groups is 1. The Morgan fingerprint density at radius 1 is 0.297 bits per heavy atom. The molecule has 4 aliphatic carbocycles. The van der Waals surface area contributed by atoms with Crippen molar-refractivity contribution >= 4 is 60.3 Å². The van der Waals surface area contributed by atoms with Gasteiger partial charge in [-0.3, -0.25) is 0 Å². The van der Waals surface area contributed by atoms with E-state index in [4.69, 9.17) is 39.4 Å². The van der Waals surface area contributed by atoms with Crippen molar-refractivity contribution in [3.63, 3.8) is 0 Å². The molecule has 9 heteroatoms. The third-order valence-corrected chi connectivity index (χ3v) is 27.6. The Labute approximate surface area is 740 Å². The molecule has 0 saturated carbocycles. The molecule has 0 fully saturated rings. The van der Waals surface area contributed by atoms with E-state index < -0.39 is 10.8 Å². The van der Waals surface area contributed by atoms with E-state index in [9.17, 15) is 0 Å². The Hall–Kier alpha value is -16.4. The Balaban J connectivity index is 0.529. The molecule has 19 aromatic rings. The van der Waals surface area contributed by atoms with Crippen LogP contribution in [0.25, 0.3) is 133 Å². The van der Waals surface area contributed by atoms with Crippen LogP contribution in [0, 0.1) is 5.92 Å². The van der Waals surface area contributed by atoms with E-state index in [2.05, 4.69) is 406 Å². The molecule has 9 nitrogen and oxygen atoms in total. The Morgan fingerprint density at radius 3 is 1.23 bits per heavy atom. The standard InChI is InChI=1S/C119H77N7O2/c1-4-24-77(25-5-1)103-71-104(123-114(122-103)81-26-6-2-7-27-81)78-54-44-72(45-55-78)73-48-58-80(59-49-73)111-109-93(67-69-101-113(109)128-107-43-23-20-40-99(107)119(101)96-37-17-12-32-88(96)89-33-13-18-38-97(89)119)91-65-64-85(70-105(91)121-111)76-52-62-84(63-53-76)117-125-115(82-28-8-3-9-29-82)124-116(126-117)83-60-50-75(51-61-83)74-46-56-79(57-47-74)110-108-92(90-34-14-21-41-102(90)120-110)66-68-100-112(108)127-106-42-22-19-39-98(106)118(100)94-35-15-10-30-86(94)87-31-11-16-36-95(87)118/h1-54,56-60,62-71,78,83,103H,55,61H2,(H,122,123). The molecule has 0 radical (unpaired) electrons. The maximum absolute atomic E-state index is 7.47. The van der Waals surface area contributed by atoms with Gasteiger partial charge in [0.2, 0.25) is 0 Å². The van der Waals surface area contributed by atoms with Gasteiger partial charge in [0.05, 0.1) is 50.1 Å². The molecule has 6 heterocycles. The van der Waals surface area contributed by atoms with Gasteiger partial charge in [0.1, 0.15) is 34.7 Å². The summed E-state index contributed by atoms with van der Waals surface area (Å²) in [5, 5.41) is 9.96. The largest absolute Gasteiger partial charge is 0.456 e. The van der Waals surface area contributed by atoms with Crippen LogP contribution in [0.1, 0.15) is 97.4 Å². The quantitative estimate of drug-likeness (QED) is 0.128. The molecule has 26 rings (SSSR count). The van der Waals surface area contributed by atoms with Gasteiger partial charge in [0.15, 0.2) is 11.6 Å². The Morgan fingerprint density at radius 2 is 0.703 bits per heavy atom. The number of rotatable bonds is 11. The van der Waals surface area contributed by atoms with Crippen LogP contribution in [0.15, 0.2) is 429 Å². The molecule has 3 aliphatic heterocycles. The summed E-state index contributed by atoms with van der Waals surface area (Å²) in [7, 11) is 0. The van der Waals surface area contributed by atoms with Crippen molar-refractivity contribution in [1.82, 2.24) is 30.2 Å². The number of amidine groups is 1. The van der Waals surface area contributed by atoms with Crippen molar-refractivity contribution in [1.29, 1.82) is 0 Å². The average molecular weight is 1640 g/mol. The van der Waals surface area contributed by atoms with E-state index >= 15 is 0 Å². The second-order valence-electron chi connectivity index (χ2n) is 34.4. The summed E-state index contributed by atoms with van der Waals surface area (Å²) in [6.45, 7) is 0. The normalized spacial score (nSPS) is 16.6. The summed E-state index contributed by atoms with van der Waals surface area (Å²) in [5.41, 5.74) is 30.4. The minimum absolute atomic E-state index is 0.0106. The van der Waals surface area contributed by atoms with Gasteiger partial charge < -0.3 is 14.8 Å². The van der Waals surface area contributed by atoms with Crippen molar-refractivity contribution < 1.29 is 9.47 Å². The van der Waals surface area contributed by atoms with E-state index in [0.29, 0.717) is 23.9 Å². The lowest BCUT2D eigenvalue weighted by atomic mass is 9.65. The molecule has 3 atom stereocenters. The number of fused-ring (bicyclic) bond motifs is 26. The van der Waals surface area contributed by atoms with Crippen molar-refractivity contribution in [2.45, 2.75) is 35.6 Å². The summed E-state index contributed by atoms with van der Waals surface area (Å²) < 4.78 is 14.8. The predicted octanol–water partition coefficient (Wildman–Crippen LogP) is 28.3. The van der Waals surface area contributed by atoms with Crippen molar-refractivity contribution in [2.75, 3.05) is 0 Å². The molecule has 0 amide bonds. The first kappa shape index (κ1) is 73.2. The van der Waals surface area contributed by atoms with Crippen molar-refractivity contribution in [3.05, 3.63) is 497 Å². The van der Waals surface area contributed by atoms with E-state index in [1.165, 1.54) is 55.6 Å². The van der Waals surface area contributed by atoms with E-state index in [1.54, 1.807) is 0 Å². The van der Waals surface area contributed by atoms with Crippen LogP contribution < -0.4 is 14.8 Å². The zero-order valence-corrected chi connectivity index (χ0v) is 69.5. The molecule has 2 spiro atoms. The third kappa shape index (κ3) is 11.4. The van der Waals surface area contributed by atoms with Gasteiger partial charge >= 0.3 is 0 Å². The molecular formula is C119H77N7O2.